The number of anilines is 1. The Morgan fingerprint density at radius 2 is 1.93 bits per heavy atom. The number of nitrogens with zero attached hydrogens (tertiary/aromatic N) is 5. The predicted molar refractivity (Wildman–Crippen MR) is 93.8 cm³/mol. The molecule has 1 fully saturated rings. The van der Waals surface area contributed by atoms with Crippen molar-refractivity contribution < 1.29 is 27.9 Å². The molecule has 1 saturated heterocycles. The zero-order chi connectivity index (χ0) is 20.9. The van der Waals surface area contributed by atoms with Crippen LogP contribution in [0, 0.1) is 17.5 Å². The van der Waals surface area contributed by atoms with Gasteiger partial charge in [-0.25, -0.2) is 23.0 Å². The molecule has 0 saturated carbocycles. The zero-order valence-corrected chi connectivity index (χ0v) is 15.4. The number of amides is 3. The minimum atomic E-state index is -1.68. The van der Waals surface area contributed by atoms with E-state index < -0.39 is 35.5 Å². The highest BCUT2D eigenvalue weighted by molar-refractivity contribution is 5.96. The number of fused-ring (bicyclic) bond motifs is 1. The lowest BCUT2D eigenvalue weighted by Crippen LogP contribution is -2.57. The van der Waals surface area contributed by atoms with Crippen molar-refractivity contribution in [3.05, 3.63) is 47.5 Å². The minimum absolute atomic E-state index is 0.160. The van der Waals surface area contributed by atoms with E-state index >= 15 is 0 Å². The molecule has 11 heteroatoms. The second-order valence-corrected chi connectivity index (χ2v) is 7.13. The van der Waals surface area contributed by atoms with Crippen LogP contribution in [0.1, 0.15) is 19.0 Å². The van der Waals surface area contributed by atoms with Gasteiger partial charge in [-0.05, 0) is 13.0 Å². The summed E-state index contributed by atoms with van der Waals surface area (Å²) in [4.78, 5) is 27.2. The number of β-amino-alcohol motifs (C(OH)–C–C–N with tert-alkyl or cyclic N) is 1. The molecule has 2 atom stereocenters. The van der Waals surface area contributed by atoms with E-state index in [0.29, 0.717) is 18.7 Å². The number of aromatic nitrogens is 2. The monoisotopic (exact) mass is 409 g/mol. The third-order valence-corrected chi connectivity index (χ3v) is 5.07. The van der Waals surface area contributed by atoms with E-state index in [1.54, 1.807) is 23.9 Å². The lowest BCUT2D eigenvalue weighted by molar-refractivity contribution is -0.128. The maximum Gasteiger partial charge on any atom is 0.344 e. The second kappa shape index (κ2) is 7.07. The summed E-state index contributed by atoms with van der Waals surface area (Å²) in [7, 11) is 0. The van der Waals surface area contributed by atoms with Crippen LogP contribution in [-0.4, -0.2) is 55.4 Å². The van der Waals surface area contributed by atoms with Gasteiger partial charge < -0.3 is 10.0 Å². The van der Waals surface area contributed by atoms with Crippen molar-refractivity contribution in [1.82, 2.24) is 19.7 Å². The first-order chi connectivity index (χ1) is 13.8. The van der Waals surface area contributed by atoms with Gasteiger partial charge in [0.25, 0.3) is 0 Å². The topological polar surface area (TPSA) is 81.9 Å². The van der Waals surface area contributed by atoms with Crippen LogP contribution in [0.15, 0.2) is 24.4 Å². The molecule has 2 aliphatic heterocycles. The van der Waals surface area contributed by atoms with Gasteiger partial charge in [-0.2, -0.15) is 10.1 Å². The Bertz CT molecular complexity index is 958. The Kier molecular flexibility index (Phi) is 4.69. The number of aliphatic hydroxyl groups is 1. The van der Waals surface area contributed by atoms with Gasteiger partial charge in [0.2, 0.25) is 5.91 Å². The maximum absolute atomic E-state index is 13.9. The number of carbonyl (C=O) groups is 2. The summed E-state index contributed by atoms with van der Waals surface area (Å²) in [6.07, 6.45) is 0.324. The summed E-state index contributed by atoms with van der Waals surface area (Å²) in [5, 5.41) is 15.7. The Balaban J connectivity index is 1.74. The molecule has 0 radical (unpaired) electrons. The van der Waals surface area contributed by atoms with Crippen molar-refractivity contribution in [2.75, 3.05) is 11.6 Å². The number of hydrogen-bond donors (Lipinski definition) is 1. The van der Waals surface area contributed by atoms with Gasteiger partial charge in [0.1, 0.15) is 0 Å². The smallest absolute Gasteiger partial charge is 0.344 e. The lowest BCUT2D eigenvalue weighted by atomic mass is 10.2. The summed E-state index contributed by atoms with van der Waals surface area (Å²) in [6, 6.07) is 1.96. The van der Waals surface area contributed by atoms with Crippen LogP contribution in [0.5, 0.6) is 0 Å². The number of rotatable bonds is 2. The van der Waals surface area contributed by atoms with E-state index in [0.717, 1.165) is 15.7 Å². The molecule has 1 aromatic carbocycles. The Labute approximate surface area is 163 Å². The first-order valence-electron chi connectivity index (χ1n) is 9.00. The van der Waals surface area contributed by atoms with Gasteiger partial charge >= 0.3 is 6.03 Å². The Morgan fingerprint density at radius 3 is 2.55 bits per heavy atom. The molecule has 3 heterocycles. The molecule has 0 bridgehead atoms. The second-order valence-electron chi connectivity index (χ2n) is 7.13. The zero-order valence-electron chi connectivity index (χ0n) is 15.4. The average Bonchev–Trinajstić information content (AvgIpc) is 3.24. The average molecular weight is 409 g/mol. The quantitative estimate of drug-likeness (QED) is 0.765. The minimum Gasteiger partial charge on any atom is -0.391 e. The molecule has 1 aromatic heterocycles. The molecule has 2 aliphatic rings. The fraction of sp³-hybridized carbons (Fsp3) is 0.389. The SMILES string of the molecule is CC1Cn2nccc2CN1C(=O)N(c1cc(F)c(F)c(F)c1)N1C[C@H](O)CC1=O. The van der Waals surface area contributed by atoms with Crippen molar-refractivity contribution in [3.63, 3.8) is 0 Å². The fourth-order valence-corrected chi connectivity index (χ4v) is 3.60. The standard InChI is InChI=1S/C18H18F3N5O3/c1-10-7-24-11(2-3-22-24)8-23(10)18(29)26(25-9-13(27)6-16(25)28)12-4-14(19)17(21)15(20)5-12/h2-5,10,13,27H,6-9H2,1H3/t10?,13-/m1/s1. The molecule has 0 spiro atoms. The number of urea groups is 1. The molecule has 154 valence electrons. The van der Waals surface area contributed by atoms with Gasteiger partial charge in [0.15, 0.2) is 17.5 Å². The first-order valence-corrected chi connectivity index (χ1v) is 9.00. The third-order valence-electron chi connectivity index (χ3n) is 5.07. The fourth-order valence-electron chi connectivity index (χ4n) is 3.60. The van der Waals surface area contributed by atoms with E-state index in [-0.39, 0.29) is 31.2 Å². The summed E-state index contributed by atoms with van der Waals surface area (Å²) in [5.74, 6) is -5.25. The molecule has 4 rings (SSSR count). The summed E-state index contributed by atoms with van der Waals surface area (Å²) in [5.41, 5.74) is 0.404. The lowest BCUT2D eigenvalue weighted by Gasteiger charge is -2.40. The van der Waals surface area contributed by atoms with Crippen molar-refractivity contribution >= 4 is 17.6 Å². The van der Waals surface area contributed by atoms with Crippen LogP contribution >= 0.6 is 0 Å². The summed E-state index contributed by atoms with van der Waals surface area (Å²) in [6.45, 7) is 2.09. The van der Waals surface area contributed by atoms with Crippen LogP contribution < -0.4 is 5.01 Å². The van der Waals surface area contributed by atoms with E-state index in [4.69, 9.17) is 0 Å². The van der Waals surface area contributed by atoms with Crippen molar-refractivity contribution in [2.24, 2.45) is 0 Å². The Hall–Kier alpha value is -3.08. The molecule has 1 N–H and O–H groups in total. The Morgan fingerprint density at radius 1 is 1.24 bits per heavy atom. The molecule has 1 unspecified atom stereocenters. The van der Waals surface area contributed by atoms with Gasteiger partial charge in [-0.1, -0.05) is 0 Å². The van der Waals surface area contributed by atoms with Gasteiger partial charge in [-0.15, -0.1) is 0 Å². The van der Waals surface area contributed by atoms with Crippen molar-refractivity contribution in [3.8, 4) is 0 Å². The van der Waals surface area contributed by atoms with Crippen LogP contribution in [0.2, 0.25) is 0 Å². The summed E-state index contributed by atoms with van der Waals surface area (Å²) < 4.78 is 42.9. The molecular formula is C18H18F3N5O3. The highest BCUT2D eigenvalue weighted by Crippen LogP contribution is 2.29. The van der Waals surface area contributed by atoms with Gasteiger partial charge in [-0.3, -0.25) is 9.48 Å². The maximum atomic E-state index is 13.9. The van der Waals surface area contributed by atoms with E-state index in [2.05, 4.69) is 5.10 Å². The highest BCUT2D eigenvalue weighted by atomic mass is 19.2. The van der Waals surface area contributed by atoms with E-state index in [9.17, 15) is 27.9 Å². The predicted octanol–water partition coefficient (Wildman–Crippen LogP) is 1.64. The number of hydrazine groups is 1. The van der Waals surface area contributed by atoms with Crippen LogP contribution in [0.3, 0.4) is 0 Å². The van der Waals surface area contributed by atoms with Crippen molar-refractivity contribution in [1.29, 1.82) is 0 Å². The highest BCUT2D eigenvalue weighted by Gasteiger charge is 2.40. The number of benzene rings is 1. The number of halogens is 3. The number of hydrogen-bond acceptors (Lipinski definition) is 4. The largest absolute Gasteiger partial charge is 0.391 e. The van der Waals surface area contributed by atoms with Crippen LogP contribution in [0.25, 0.3) is 0 Å². The van der Waals surface area contributed by atoms with Gasteiger partial charge in [0, 0.05) is 18.3 Å². The molecule has 3 amide bonds. The molecule has 0 aliphatic carbocycles. The molecule has 2 aromatic rings. The third kappa shape index (κ3) is 3.31. The normalized spacial score (nSPS) is 21.5. The first kappa shape index (κ1) is 19.2. The summed E-state index contributed by atoms with van der Waals surface area (Å²) >= 11 is 0. The van der Waals surface area contributed by atoms with Crippen molar-refractivity contribution in [2.45, 2.75) is 38.6 Å². The van der Waals surface area contributed by atoms with Gasteiger partial charge in [0.05, 0.1) is 49.6 Å². The van der Waals surface area contributed by atoms with E-state index in [1.165, 1.54) is 4.90 Å². The number of aliphatic hydroxyl groups excluding tert-OH is 1. The molecule has 29 heavy (non-hydrogen) atoms. The van der Waals surface area contributed by atoms with Crippen LogP contribution in [0.4, 0.5) is 23.7 Å². The number of carbonyl (C=O) groups excluding carboxylic acids is 2. The molecule has 8 nitrogen and oxygen atoms in total. The molecular weight excluding hydrogens is 391 g/mol. The van der Waals surface area contributed by atoms with E-state index in [1.807, 2.05) is 0 Å². The van der Waals surface area contributed by atoms with Crippen LogP contribution in [-0.2, 0) is 17.9 Å².